The van der Waals surface area contributed by atoms with Crippen molar-refractivity contribution in [3.05, 3.63) is 120 Å². The summed E-state index contributed by atoms with van der Waals surface area (Å²) in [7, 11) is 0. The third-order valence-electron chi connectivity index (χ3n) is 16.3. The van der Waals surface area contributed by atoms with Crippen molar-refractivity contribution in [3.8, 4) is 5.75 Å². The number of rotatable bonds is 32. The Hall–Kier alpha value is -10.3. The van der Waals surface area contributed by atoms with Crippen LogP contribution in [0.15, 0.2) is 103 Å². The molecule has 2 aliphatic heterocycles. The molecular weight excluding hydrogens is 1200 g/mol. The van der Waals surface area contributed by atoms with Crippen LogP contribution < -0.4 is 59.3 Å². The lowest BCUT2D eigenvalue weighted by Crippen LogP contribution is -2.61. The lowest BCUT2D eigenvalue weighted by atomic mass is 9.99. The molecule has 6 aromatic rings. The second kappa shape index (κ2) is 32.6. The minimum atomic E-state index is -1.78. The number of likely N-dealkylation sites (tertiary alicyclic amines) is 1. The van der Waals surface area contributed by atoms with Gasteiger partial charge in [-0.1, -0.05) is 62.4 Å². The quantitative estimate of drug-likeness (QED) is 0.0140. The SMILES string of the molecule is CCNC(=O)C1CCCN1C(=O)[C@H](CCCN=C(N)N)NC(=O)[C@H](CC(C)C)NC(=O)[C@H](Cc1c[nH]c2ccccc12)NC(=O)[C@H](Cc1ccc(O)cc1)NC(=O)[C@@H](CO)NC(=O)[C@H](Cc1c[nH]c2ccccc12)NC(=O)[C@@H](Cc1cnc[nH]1)NC(=O)[C@@H]1CCC(=O)N1. The molecule has 9 atom stereocenters. The lowest BCUT2D eigenvalue weighted by molar-refractivity contribution is -0.142. The van der Waals surface area contributed by atoms with Gasteiger partial charge in [0.25, 0.3) is 0 Å². The van der Waals surface area contributed by atoms with Crippen molar-refractivity contribution in [1.29, 1.82) is 0 Å². The molecule has 93 heavy (non-hydrogen) atoms. The van der Waals surface area contributed by atoms with Crippen molar-refractivity contribution in [2.24, 2.45) is 22.4 Å². The van der Waals surface area contributed by atoms with Gasteiger partial charge < -0.3 is 89.4 Å². The minimum Gasteiger partial charge on any atom is -0.508 e. The number of phenolic OH excluding ortho intramolecular Hbond substituents is 1. The van der Waals surface area contributed by atoms with Gasteiger partial charge in [0.15, 0.2) is 5.96 Å². The number of nitrogens with one attached hydrogen (secondary N) is 12. The number of aromatic hydroxyl groups is 1. The summed E-state index contributed by atoms with van der Waals surface area (Å²) in [5.74, 6) is -7.58. The second-order valence-corrected chi connectivity index (χ2v) is 23.7. The molecule has 18 N–H and O–H groups in total. The highest BCUT2D eigenvalue weighted by molar-refractivity contribution is 6.00. The van der Waals surface area contributed by atoms with Gasteiger partial charge >= 0.3 is 0 Å². The standard InChI is InChI=1S/C64H83N17O12/c1-4-68-62(92)53-16-10-24-81(53)63(93)46(15-9-23-69-64(65)66)74-56(86)47(25-35(2)3)75-58(88)49(27-37-30-70-43-13-7-5-11-41(37)43)77-57(87)48(26-36-17-19-40(83)20-18-36)76-61(91)52(33-82)80-59(89)50(28-38-31-71-44-14-8-6-12-42(38)44)78-60(90)51(29-39-32-67-34-72-39)79-55(85)45-21-22-54(84)73-45/h5-8,11-14,17-20,30-32,34-35,45-53,70-71,82-83H,4,9-10,15-16,21-29,33H2,1-3H3,(H,67,72)(H,68,92)(H,73,84)(H,74,86)(H,75,88)(H,76,91)(H,77,87)(H,78,90)(H,79,85)(H,80,89)(H4,65,66,69)/t45-,46-,47-,48-,49-,50-,51+,52+,53?/m0/s1. The molecule has 0 bridgehead atoms. The van der Waals surface area contributed by atoms with Crippen LogP contribution >= 0.6 is 0 Å². The maximum Gasteiger partial charge on any atom is 0.245 e. The second-order valence-electron chi connectivity index (χ2n) is 23.7. The van der Waals surface area contributed by atoms with Gasteiger partial charge in [-0.05, 0) is 92.3 Å². The number of amides is 10. The smallest absolute Gasteiger partial charge is 0.245 e. The van der Waals surface area contributed by atoms with Crippen molar-refractivity contribution in [2.75, 3.05) is 26.2 Å². The van der Waals surface area contributed by atoms with E-state index in [2.05, 4.69) is 72.8 Å². The number of carbonyl (C=O) groups excluding carboxylic acids is 10. The fraction of sp³-hybridized carbons (Fsp3) is 0.438. The number of hydrogen-bond donors (Lipinski definition) is 16. The summed E-state index contributed by atoms with van der Waals surface area (Å²) in [6.45, 7) is 5.14. The van der Waals surface area contributed by atoms with E-state index in [1.165, 1.54) is 41.7 Å². The van der Waals surface area contributed by atoms with Crippen molar-refractivity contribution in [3.63, 3.8) is 0 Å². The predicted molar refractivity (Wildman–Crippen MR) is 343 cm³/mol. The van der Waals surface area contributed by atoms with Crippen molar-refractivity contribution in [2.45, 2.75) is 146 Å². The Bertz CT molecular complexity index is 3640. The van der Waals surface area contributed by atoms with E-state index in [0.29, 0.717) is 63.6 Å². The molecule has 3 aromatic heterocycles. The number of carbonyl (C=O) groups is 10. The zero-order valence-corrected chi connectivity index (χ0v) is 52.1. The van der Waals surface area contributed by atoms with E-state index < -0.39 is 108 Å². The molecule has 0 spiro atoms. The highest BCUT2D eigenvalue weighted by Crippen LogP contribution is 2.24. The Morgan fingerprint density at radius 1 is 0.656 bits per heavy atom. The van der Waals surface area contributed by atoms with E-state index >= 15 is 9.59 Å². The number of aliphatic hydroxyl groups is 1. The molecule has 10 amide bonds. The molecule has 1 unspecified atom stereocenters. The van der Waals surface area contributed by atoms with E-state index in [1.807, 2.05) is 38.1 Å². The molecular formula is C64H83N17O12. The van der Waals surface area contributed by atoms with Crippen molar-refractivity contribution in [1.82, 2.24) is 72.7 Å². The number of phenols is 1. The number of guanidine groups is 1. The van der Waals surface area contributed by atoms with E-state index in [-0.39, 0.29) is 100 Å². The van der Waals surface area contributed by atoms with Crippen LogP contribution in [0.1, 0.15) is 88.1 Å². The number of nitrogens with two attached hydrogens (primary N) is 2. The van der Waals surface area contributed by atoms with Gasteiger partial charge in [0.1, 0.15) is 60.1 Å². The highest BCUT2D eigenvalue weighted by Gasteiger charge is 2.40. The first-order valence-electron chi connectivity index (χ1n) is 31.2. The maximum atomic E-state index is 15.1. The topological polar surface area (TPSA) is 447 Å². The largest absolute Gasteiger partial charge is 0.508 e. The molecule has 496 valence electrons. The van der Waals surface area contributed by atoms with Crippen LogP contribution in [0.3, 0.4) is 0 Å². The summed E-state index contributed by atoms with van der Waals surface area (Å²) >= 11 is 0. The minimum absolute atomic E-state index is 0.0647. The third kappa shape index (κ3) is 18.9. The van der Waals surface area contributed by atoms with Crippen LogP contribution in [-0.2, 0) is 73.6 Å². The number of para-hydroxylation sites is 2. The van der Waals surface area contributed by atoms with Crippen molar-refractivity contribution < 1.29 is 58.2 Å². The molecule has 2 fully saturated rings. The number of aliphatic hydroxyl groups excluding tert-OH is 1. The zero-order chi connectivity index (χ0) is 66.7. The summed E-state index contributed by atoms with van der Waals surface area (Å²) in [5.41, 5.74) is 14.6. The molecule has 5 heterocycles. The number of aliphatic imine (C=N–C) groups is 1. The van der Waals surface area contributed by atoms with Crippen LogP contribution in [0.5, 0.6) is 5.75 Å². The normalized spacial score (nSPS) is 16.8. The molecule has 0 radical (unpaired) electrons. The molecule has 3 aromatic carbocycles. The van der Waals surface area contributed by atoms with Crippen LogP contribution in [0.2, 0.25) is 0 Å². The summed E-state index contributed by atoms with van der Waals surface area (Å²) in [5, 5.41) is 47.0. The molecule has 2 saturated heterocycles. The number of nitrogens with zero attached hydrogens (tertiary/aromatic N) is 3. The summed E-state index contributed by atoms with van der Waals surface area (Å²) < 4.78 is 0. The zero-order valence-electron chi connectivity index (χ0n) is 52.1. The number of H-pyrrole nitrogens is 3. The predicted octanol–water partition coefficient (Wildman–Crippen LogP) is -0.760. The fourth-order valence-corrected chi connectivity index (χ4v) is 11.5. The van der Waals surface area contributed by atoms with Crippen LogP contribution in [-0.4, -0.2) is 181 Å². The summed E-state index contributed by atoms with van der Waals surface area (Å²) in [6.07, 6.45) is 7.10. The number of aromatic nitrogens is 4. The van der Waals surface area contributed by atoms with Gasteiger partial charge in [0, 0.05) is 97.8 Å². The Morgan fingerprint density at radius 2 is 1.19 bits per heavy atom. The Balaban J connectivity index is 1.05. The van der Waals surface area contributed by atoms with Gasteiger partial charge in [0.2, 0.25) is 59.1 Å². The Morgan fingerprint density at radius 3 is 1.73 bits per heavy atom. The Labute approximate surface area is 536 Å². The summed E-state index contributed by atoms with van der Waals surface area (Å²) in [6, 6.07) is 8.42. The van der Waals surface area contributed by atoms with E-state index in [9.17, 15) is 48.6 Å². The number of benzene rings is 3. The van der Waals surface area contributed by atoms with Gasteiger partial charge in [-0.25, -0.2) is 4.98 Å². The molecule has 8 rings (SSSR count). The molecule has 0 aliphatic carbocycles. The highest BCUT2D eigenvalue weighted by atomic mass is 16.3. The van der Waals surface area contributed by atoms with Gasteiger partial charge in [-0.3, -0.25) is 52.9 Å². The number of likely N-dealkylation sites (N-methyl/N-ethyl adjacent to an activating group) is 1. The Kier molecular flexibility index (Phi) is 24.1. The first-order chi connectivity index (χ1) is 44.7. The molecule has 0 saturated carbocycles. The van der Waals surface area contributed by atoms with E-state index in [4.69, 9.17) is 11.5 Å². The maximum absolute atomic E-state index is 15.1. The monoisotopic (exact) mass is 1280 g/mol. The van der Waals surface area contributed by atoms with Crippen molar-refractivity contribution >= 4 is 86.8 Å². The average molecular weight is 1280 g/mol. The first kappa shape index (κ1) is 68.6. The summed E-state index contributed by atoms with van der Waals surface area (Å²) in [4.78, 5) is 160. The van der Waals surface area contributed by atoms with Crippen LogP contribution in [0.25, 0.3) is 21.8 Å². The van der Waals surface area contributed by atoms with E-state index in [0.717, 1.165) is 0 Å². The van der Waals surface area contributed by atoms with Gasteiger partial charge in [-0.2, -0.15) is 0 Å². The number of aromatic amines is 3. The van der Waals surface area contributed by atoms with Gasteiger partial charge in [0.05, 0.1) is 12.9 Å². The molecule has 29 heteroatoms. The fourth-order valence-electron chi connectivity index (χ4n) is 11.5. The number of fused-ring (bicyclic) bond motifs is 2. The van der Waals surface area contributed by atoms with E-state index in [1.54, 1.807) is 43.6 Å². The number of imidazole rings is 1. The van der Waals surface area contributed by atoms with Gasteiger partial charge in [-0.15, -0.1) is 0 Å². The molecule has 2 aliphatic rings. The first-order valence-corrected chi connectivity index (χ1v) is 31.2. The number of hydrogen-bond acceptors (Lipinski definition) is 14. The third-order valence-corrected chi connectivity index (χ3v) is 16.3. The average Bonchev–Trinajstić information content (AvgIpc) is 1.82. The lowest BCUT2D eigenvalue weighted by Gasteiger charge is -2.30. The van der Waals surface area contributed by atoms with Crippen LogP contribution in [0, 0.1) is 5.92 Å². The van der Waals surface area contributed by atoms with Crippen LogP contribution in [0.4, 0.5) is 0 Å². The molecule has 29 nitrogen and oxygen atoms in total.